The maximum absolute atomic E-state index is 12.2. The van der Waals surface area contributed by atoms with Crippen molar-refractivity contribution >= 4 is 17.0 Å². The number of fused-ring (bicyclic) bond motifs is 1. The third kappa shape index (κ3) is 1.94. The maximum atomic E-state index is 12.2. The summed E-state index contributed by atoms with van der Waals surface area (Å²) >= 11 is 0. The molecule has 0 saturated heterocycles. The average molecular weight is 274 g/mol. The van der Waals surface area contributed by atoms with E-state index < -0.39 is 5.97 Å². The monoisotopic (exact) mass is 274 g/mol. The molecule has 1 unspecified atom stereocenters. The van der Waals surface area contributed by atoms with Crippen LogP contribution in [0.1, 0.15) is 49.5 Å². The maximum Gasteiger partial charge on any atom is 0.337 e. The Kier molecular flexibility index (Phi) is 2.74. The number of imidazole rings is 1. The highest BCUT2D eigenvalue weighted by atomic mass is 16.4. The number of nitrogens with zero attached hydrogens (tertiary/aromatic N) is 1. The zero-order valence-electron chi connectivity index (χ0n) is 11.6. The second-order valence-electron chi connectivity index (χ2n) is 6.37. The van der Waals surface area contributed by atoms with E-state index in [1.54, 1.807) is 22.8 Å². The highest BCUT2D eigenvalue weighted by Gasteiger charge is 2.34. The summed E-state index contributed by atoms with van der Waals surface area (Å²) in [5.41, 5.74) is 1.29. The van der Waals surface area contributed by atoms with Crippen LogP contribution in [0.15, 0.2) is 23.0 Å². The van der Waals surface area contributed by atoms with Crippen LogP contribution in [0.5, 0.6) is 0 Å². The number of aromatic amines is 1. The molecule has 20 heavy (non-hydrogen) atoms. The third-order valence-electron chi connectivity index (χ3n) is 4.28. The van der Waals surface area contributed by atoms with Crippen molar-refractivity contribution in [2.75, 3.05) is 0 Å². The number of carboxylic acids is 1. The number of hydrogen-bond donors (Lipinski definition) is 2. The van der Waals surface area contributed by atoms with Crippen LogP contribution in [-0.2, 0) is 0 Å². The van der Waals surface area contributed by atoms with Crippen LogP contribution in [0, 0.1) is 5.41 Å². The molecular weight excluding hydrogens is 256 g/mol. The first-order valence-electron chi connectivity index (χ1n) is 6.85. The van der Waals surface area contributed by atoms with Crippen LogP contribution in [0.3, 0.4) is 0 Å². The largest absolute Gasteiger partial charge is 0.478 e. The van der Waals surface area contributed by atoms with Crippen LogP contribution in [-0.4, -0.2) is 20.6 Å². The van der Waals surface area contributed by atoms with Gasteiger partial charge >= 0.3 is 11.7 Å². The minimum absolute atomic E-state index is 0.0757. The van der Waals surface area contributed by atoms with Gasteiger partial charge in [0.2, 0.25) is 0 Å². The summed E-state index contributed by atoms with van der Waals surface area (Å²) in [5.74, 6) is -0.999. The molecular formula is C15H18N2O3. The molecule has 0 amide bonds. The second-order valence-corrected chi connectivity index (χ2v) is 6.37. The quantitative estimate of drug-likeness (QED) is 0.884. The normalized spacial score (nSPS) is 21.4. The summed E-state index contributed by atoms with van der Waals surface area (Å²) in [5, 5.41) is 9.33. The summed E-state index contributed by atoms with van der Waals surface area (Å²) in [6, 6.07) is 5.03. The number of aromatic carboxylic acids is 1. The van der Waals surface area contributed by atoms with Gasteiger partial charge in [-0.25, -0.2) is 9.59 Å². The van der Waals surface area contributed by atoms with E-state index in [9.17, 15) is 14.7 Å². The SMILES string of the molecule is CC1(C)CCC(n2c(=O)[nH]c3cccc(C(=O)O)c32)C1. The fourth-order valence-electron chi connectivity index (χ4n) is 3.32. The Bertz CT molecular complexity index is 739. The topological polar surface area (TPSA) is 75.1 Å². The van der Waals surface area contributed by atoms with Gasteiger partial charge in [-0.1, -0.05) is 19.9 Å². The molecule has 5 heteroatoms. The number of nitrogens with one attached hydrogen (secondary N) is 1. The van der Waals surface area contributed by atoms with Crippen molar-refractivity contribution in [1.82, 2.24) is 9.55 Å². The Morgan fingerprint density at radius 1 is 1.45 bits per heavy atom. The molecule has 2 N–H and O–H groups in total. The van der Waals surface area contributed by atoms with Gasteiger partial charge < -0.3 is 10.1 Å². The van der Waals surface area contributed by atoms with Gasteiger partial charge in [-0.15, -0.1) is 0 Å². The van der Waals surface area contributed by atoms with Crippen molar-refractivity contribution in [1.29, 1.82) is 0 Å². The molecule has 0 aliphatic heterocycles. The molecule has 1 aromatic heterocycles. The number of para-hydroxylation sites is 1. The summed E-state index contributed by atoms with van der Waals surface area (Å²) in [7, 11) is 0. The predicted molar refractivity (Wildman–Crippen MR) is 76.2 cm³/mol. The molecule has 1 aliphatic rings. The highest BCUT2D eigenvalue weighted by Crippen LogP contribution is 2.43. The standard InChI is InChI=1S/C15H18N2O3/c1-15(2)7-6-9(8-15)17-12-10(13(18)19)4-3-5-11(12)16-14(17)20/h3-5,9H,6-8H2,1-2H3,(H,16,20)(H,18,19). The lowest BCUT2D eigenvalue weighted by molar-refractivity contribution is 0.0698. The second kappa shape index (κ2) is 4.23. The number of H-pyrrole nitrogens is 1. The Hall–Kier alpha value is -2.04. The third-order valence-corrected chi connectivity index (χ3v) is 4.28. The summed E-state index contributed by atoms with van der Waals surface area (Å²) in [6.07, 6.45) is 2.85. The van der Waals surface area contributed by atoms with E-state index in [4.69, 9.17) is 0 Å². The summed E-state index contributed by atoms with van der Waals surface area (Å²) in [4.78, 5) is 26.4. The van der Waals surface area contributed by atoms with Crippen LogP contribution < -0.4 is 5.69 Å². The molecule has 2 aromatic rings. The summed E-state index contributed by atoms with van der Waals surface area (Å²) < 4.78 is 1.65. The number of aromatic nitrogens is 2. The van der Waals surface area contributed by atoms with Gasteiger partial charge in [0.1, 0.15) is 0 Å². The lowest BCUT2D eigenvalue weighted by atomic mass is 9.92. The van der Waals surface area contributed by atoms with E-state index in [0.29, 0.717) is 11.0 Å². The molecule has 1 atom stereocenters. The molecule has 3 rings (SSSR count). The Balaban J connectivity index is 2.23. The first-order chi connectivity index (χ1) is 9.39. The zero-order valence-corrected chi connectivity index (χ0v) is 11.6. The molecule has 1 fully saturated rings. The van der Waals surface area contributed by atoms with Crippen molar-refractivity contribution in [3.63, 3.8) is 0 Å². The van der Waals surface area contributed by atoms with Gasteiger partial charge in [-0.2, -0.15) is 0 Å². The van der Waals surface area contributed by atoms with E-state index in [1.165, 1.54) is 0 Å². The van der Waals surface area contributed by atoms with Gasteiger partial charge in [-0.05, 0) is 36.8 Å². The van der Waals surface area contributed by atoms with Gasteiger partial charge in [-0.3, -0.25) is 4.57 Å². The lowest BCUT2D eigenvalue weighted by Gasteiger charge is -2.18. The number of benzene rings is 1. The minimum atomic E-state index is -0.999. The Labute approximate surface area is 116 Å². The molecule has 5 nitrogen and oxygen atoms in total. The van der Waals surface area contributed by atoms with Crippen LogP contribution in [0.25, 0.3) is 11.0 Å². The predicted octanol–water partition coefficient (Wildman–Crippen LogP) is 2.78. The molecule has 1 aromatic carbocycles. The van der Waals surface area contributed by atoms with E-state index in [0.717, 1.165) is 19.3 Å². The van der Waals surface area contributed by atoms with Crippen LogP contribution in [0.2, 0.25) is 0 Å². The molecule has 0 radical (unpaired) electrons. The van der Waals surface area contributed by atoms with E-state index in [1.807, 2.05) is 0 Å². The first kappa shape index (κ1) is 13.0. The molecule has 0 bridgehead atoms. The van der Waals surface area contributed by atoms with Gasteiger partial charge in [0.15, 0.2) is 0 Å². The van der Waals surface area contributed by atoms with Crippen molar-refractivity contribution in [2.24, 2.45) is 5.41 Å². The smallest absolute Gasteiger partial charge is 0.337 e. The van der Waals surface area contributed by atoms with Crippen LogP contribution >= 0.6 is 0 Å². The van der Waals surface area contributed by atoms with Gasteiger partial charge in [0.25, 0.3) is 0 Å². The first-order valence-corrected chi connectivity index (χ1v) is 6.85. The fourth-order valence-corrected chi connectivity index (χ4v) is 3.32. The molecule has 0 spiro atoms. The van der Waals surface area contributed by atoms with E-state index >= 15 is 0 Å². The average Bonchev–Trinajstić information content (AvgIpc) is 2.87. The lowest BCUT2D eigenvalue weighted by Crippen LogP contribution is -2.22. The molecule has 1 aliphatic carbocycles. The van der Waals surface area contributed by atoms with Crippen LogP contribution in [0.4, 0.5) is 0 Å². The van der Waals surface area contributed by atoms with Crippen molar-refractivity contribution in [3.8, 4) is 0 Å². The highest BCUT2D eigenvalue weighted by molar-refractivity contribution is 6.01. The summed E-state index contributed by atoms with van der Waals surface area (Å²) in [6.45, 7) is 4.37. The van der Waals surface area contributed by atoms with Crippen molar-refractivity contribution < 1.29 is 9.90 Å². The van der Waals surface area contributed by atoms with Crippen molar-refractivity contribution in [3.05, 3.63) is 34.2 Å². The number of carboxylic acid groups (broad SMARTS) is 1. The van der Waals surface area contributed by atoms with Gasteiger partial charge in [0.05, 0.1) is 16.6 Å². The number of rotatable bonds is 2. The molecule has 1 heterocycles. The Morgan fingerprint density at radius 2 is 2.20 bits per heavy atom. The minimum Gasteiger partial charge on any atom is -0.478 e. The van der Waals surface area contributed by atoms with Crippen molar-refractivity contribution in [2.45, 2.75) is 39.2 Å². The fraction of sp³-hybridized carbons (Fsp3) is 0.467. The van der Waals surface area contributed by atoms with E-state index in [2.05, 4.69) is 18.8 Å². The molecule has 106 valence electrons. The zero-order chi connectivity index (χ0) is 14.5. The van der Waals surface area contributed by atoms with E-state index in [-0.39, 0.29) is 22.7 Å². The Morgan fingerprint density at radius 3 is 2.80 bits per heavy atom. The number of carbonyl (C=O) groups is 1. The number of hydrogen-bond acceptors (Lipinski definition) is 2. The van der Waals surface area contributed by atoms with Gasteiger partial charge in [0, 0.05) is 6.04 Å². The molecule has 1 saturated carbocycles.